The molecule has 0 spiro atoms. The molecule has 0 aromatic carbocycles. The summed E-state index contributed by atoms with van der Waals surface area (Å²) < 4.78 is 5.50. The summed E-state index contributed by atoms with van der Waals surface area (Å²) in [5.74, 6) is 1.65. The van der Waals surface area contributed by atoms with Gasteiger partial charge in [0.15, 0.2) is 11.6 Å². The van der Waals surface area contributed by atoms with E-state index in [1.165, 1.54) is 0 Å². The van der Waals surface area contributed by atoms with Gasteiger partial charge in [-0.05, 0) is 37.1 Å². The predicted octanol–water partition coefficient (Wildman–Crippen LogP) is 1.44. The lowest BCUT2D eigenvalue weighted by Crippen LogP contribution is -2.51. The first-order chi connectivity index (χ1) is 12.8. The minimum atomic E-state index is -0.236. The summed E-state index contributed by atoms with van der Waals surface area (Å²) in [7, 11) is 0. The van der Waals surface area contributed by atoms with Crippen molar-refractivity contribution in [1.82, 2.24) is 20.1 Å². The molecule has 1 unspecified atom stereocenters. The van der Waals surface area contributed by atoms with Crippen LogP contribution in [0.25, 0.3) is 0 Å². The van der Waals surface area contributed by atoms with Crippen LogP contribution in [0, 0.1) is 0 Å². The Labute approximate surface area is 152 Å². The van der Waals surface area contributed by atoms with E-state index >= 15 is 0 Å². The highest BCUT2D eigenvalue weighted by atomic mass is 16.5. The predicted molar refractivity (Wildman–Crippen MR) is 97.3 cm³/mol. The molecule has 26 heavy (non-hydrogen) atoms. The Bertz CT molecular complexity index is 725. The van der Waals surface area contributed by atoms with Crippen LogP contribution in [0.3, 0.4) is 0 Å². The Balaban J connectivity index is 1.32. The molecular weight excluding hydrogens is 332 g/mol. The fourth-order valence-electron chi connectivity index (χ4n) is 3.28. The Hall–Kier alpha value is -2.74. The van der Waals surface area contributed by atoms with Gasteiger partial charge in [0, 0.05) is 50.9 Å². The zero-order chi connectivity index (χ0) is 17.8. The molecule has 2 aliphatic heterocycles. The number of nitrogens with one attached hydrogen (secondary N) is 1. The van der Waals surface area contributed by atoms with Gasteiger partial charge in [0.05, 0.1) is 0 Å². The minimum Gasteiger partial charge on any atom is -0.368 e. The van der Waals surface area contributed by atoms with Crippen molar-refractivity contribution in [2.24, 2.45) is 0 Å². The van der Waals surface area contributed by atoms with Crippen molar-refractivity contribution in [2.75, 3.05) is 43.0 Å². The van der Waals surface area contributed by atoms with Gasteiger partial charge in [0.1, 0.15) is 6.10 Å². The lowest BCUT2D eigenvalue weighted by Gasteiger charge is -2.36. The molecule has 8 nitrogen and oxygen atoms in total. The number of aromatic nitrogens is 3. The van der Waals surface area contributed by atoms with Crippen LogP contribution in [0.5, 0.6) is 0 Å². The zero-order valence-corrected chi connectivity index (χ0v) is 14.5. The normalized spacial score (nSPS) is 20.2. The van der Waals surface area contributed by atoms with E-state index in [1.54, 1.807) is 12.4 Å². The van der Waals surface area contributed by atoms with E-state index in [4.69, 9.17) is 4.74 Å². The number of hydrogen-bond acceptors (Lipinski definition) is 7. The van der Waals surface area contributed by atoms with E-state index in [0.717, 1.165) is 37.4 Å². The van der Waals surface area contributed by atoms with Crippen molar-refractivity contribution >= 4 is 23.2 Å². The first-order valence-electron chi connectivity index (χ1n) is 8.96. The Morgan fingerprint density at radius 2 is 1.88 bits per heavy atom. The molecule has 0 aliphatic carbocycles. The molecule has 2 aromatic rings. The maximum atomic E-state index is 12.4. The number of carbonyl (C=O) groups excluding carboxylic acids is 1. The third-order valence-corrected chi connectivity index (χ3v) is 4.72. The molecule has 136 valence electrons. The van der Waals surface area contributed by atoms with Crippen LogP contribution >= 0.6 is 0 Å². The van der Waals surface area contributed by atoms with Crippen molar-refractivity contribution in [1.29, 1.82) is 0 Å². The number of hydrogen-bond donors (Lipinski definition) is 1. The molecular formula is C18H22N6O2. The molecule has 0 bridgehead atoms. The second kappa shape index (κ2) is 7.65. The highest BCUT2D eigenvalue weighted by Gasteiger charge is 2.30. The van der Waals surface area contributed by atoms with Gasteiger partial charge in [-0.15, -0.1) is 10.2 Å². The third kappa shape index (κ3) is 3.75. The summed E-state index contributed by atoms with van der Waals surface area (Å²) >= 11 is 0. The largest absolute Gasteiger partial charge is 0.368 e. The number of carbonyl (C=O) groups is 1. The van der Waals surface area contributed by atoms with Gasteiger partial charge in [-0.1, -0.05) is 0 Å². The molecule has 2 aliphatic rings. The first kappa shape index (κ1) is 16.7. The van der Waals surface area contributed by atoms with Crippen LogP contribution in [0.4, 0.5) is 17.3 Å². The van der Waals surface area contributed by atoms with Crippen LogP contribution in [0.1, 0.15) is 12.8 Å². The third-order valence-electron chi connectivity index (χ3n) is 4.72. The number of pyridine rings is 1. The SMILES string of the molecule is O=C(C1CCCO1)N1CCN(c2ccc(Nc3ccncc3)nn2)CC1. The molecule has 2 fully saturated rings. The van der Waals surface area contributed by atoms with Gasteiger partial charge < -0.3 is 19.9 Å². The summed E-state index contributed by atoms with van der Waals surface area (Å²) in [4.78, 5) is 20.4. The van der Waals surface area contributed by atoms with E-state index in [0.29, 0.717) is 25.5 Å². The average molecular weight is 354 g/mol. The van der Waals surface area contributed by atoms with Crippen molar-refractivity contribution in [3.05, 3.63) is 36.7 Å². The second-order valence-electron chi connectivity index (χ2n) is 6.45. The minimum absolute atomic E-state index is 0.130. The van der Waals surface area contributed by atoms with E-state index in [2.05, 4.69) is 25.4 Å². The van der Waals surface area contributed by atoms with Gasteiger partial charge in [-0.25, -0.2) is 0 Å². The van der Waals surface area contributed by atoms with Gasteiger partial charge in [0.2, 0.25) is 0 Å². The Kier molecular flexibility index (Phi) is 4.92. The highest BCUT2D eigenvalue weighted by Crippen LogP contribution is 2.19. The number of piperazine rings is 1. The van der Waals surface area contributed by atoms with Crippen LogP contribution in [0.15, 0.2) is 36.7 Å². The number of nitrogens with zero attached hydrogens (tertiary/aromatic N) is 5. The number of rotatable bonds is 4. The average Bonchev–Trinajstić information content (AvgIpc) is 3.24. The van der Waals surface area contributed by atoms with Gasteiger partial charge in [-0.3, -0.25) is 9.78 Å². The summed E-state index contributed by atoms with van der Waals surface area (Å²) in [5, 5.41) is 11.7. The summed E-state index contributed by atoms with van der Waals surface area (Å²) in [6.45, 7) is 3.59. The molecule has 0 saturated carbocycles. The van der Waals surface area contributed by atoms with E-state index in [9.17, 15) is 4.79 Å². The topological polar surface area (TPSA) is 83.5 Å². The maximum Gasteiger partial charge on any atom is 0.251 e. The van der Waals surface area contributed by atoms with Crippen molar-refractivity contribution in [3.63, 3.8) is 0 Å². The zero-order valence-electron chi connectivity index (χ0n) is 14.5. The molecule has 1 N–H and O–H groups in total. The lowest BCUT2D eigenvalue weighted by atomic mass is 10.2. The molecule has 4 heterocycles. The number of anilines is 3. The van der Waals surface area contributed by atoms with Gasteiger partial charge in [0.25, 0.3) is 5.91 Å². The number of ether oxygens (including phenoxy) is 1. The lowest BCUT2D eigenvalue weighted by molar-refractivity contribution is -0.141. The summed E-state index contributed by atoms with van der Waals surface area (Å²) in [5.41, 5.74) is 0.920. The molecule has 1 amide bonds. The van der Waals surface area contributed by atoms with Crippen molar-refractivity contribution in [2.45, 2.75) is 18.9 Å². The monoisotopic (exact) mass is 354 g/mol. The molecule has 1 atom stereocenters. The smallest absolute Gasteiger partial charge is 0.251 e. The van der Waals surface area contributed by atoms with Gasteiger partial charge in [-0.2, -0.15) is 0 Å². The summed E-state index contributed by atoms with van der Waals surface area (Å²) in [6.07, 6.45) is 5.03. The van der Waals surface area contributed by atoms with Gasteiger partial charge >= 0.3 is 0 Å². The van der Waals surface area contributed by atoms with Crippen LogP contribution < -0.4 is 10.2 Å². The fraction of sp³-hybridized carbons (Fsp3) is 0.444. The molecule has 8 heteroatoms. The highest BCUT2D eigenvalue weighted by molar-refractivity contribution is 5.81. The van der Waals surface area contributed by atoms with E-state index in [1.807, 2.05) is 29.2 Å². The van der Waals surface area contributed by atoms with E-state index in [-0.39, 0.29) is 12.0 Å². The van der Waals surface area contributed by atoms with Crippen LogP contribution in [-0.2, 0) is 9.53 Å². The standard InChI is InChI=1S/C18H22N6O2/c25-18(15-2-1-13-26-15)24-11-9-23(10-12-24)17-4-3-16(21-22-17)20-14-5-7-19-8-6-14/h3-8,15H,1-2,9-13H2,(H,19,20,21). The van der Waals surface area contributed by atoms with E-state index < -0.39 is 0 Å². The molecule has 2 aromatic heterocycles. The maximum absolute atomic E-state index is 12.4. The van der Waals surface area contributed by atoms with Crippen molar-refractivity contribution < 1.29 is 9.53 Å². The Morgan fingerprint density at radius 3 is 2.54 bits per heavy atom. The number of amides is 1. The van der Waals surface area contributed by atoms with Crippen LogP contribution in [-0.4, -0.2) is 64.9 Å². The second-order valence-corrected chi connectivity index (χ2v) is 6.45. The molecule has 0 radical (unpaired) electrons. The molecule has 2 saturated heterocycles. The summed E-state index contributed by atoms with van der Waals surface area (Å²) in [6, 6.07) is 7.61. The molecule has 4 rings (SSSR count). The first-order valence-corrected chi connectivity index (χ1v) is 8.96. The van der Waals surface area contributed by atoms with Crippen molar-refractivity contribution in [3.8, 4) is 0 Å². The quantitative estimate of drug-likeness (QED) is 0.889. The fourth-order valence-corrected chi connectivity index (χ4v) is 3.28. The van der Waals surface area contributed by atoms with Crippen LogP contribution in [0.2, 0.25) is 0 Å². The Morgan fingerprint density at radius 1 is 1.08 bits per heavy atom.